The minimum atomic E-state index is -1.11. The second-order valence-electron chi connectivity index (χ2n) is 7.72. The number of carboxylic acids is 2. The van der Waals surface area contributed by atoms with Crippen LogP contribution in [0.1, 0.15) is 41.6 Å². The van der Waals surface area contributed by atoms with Crippen LogP contribution in [0.15, 0.2) is 46.3 Å². The quantitative estimate of drug-likeness (QED) is 0.425. The van der Waals surface area contributed by atoms with E-state index in [2.05, 4.69) is 4.98 Å². The van der Waals surface area contributed by atoms with E-state index in [1.165, 1.54) is 11.8 Å². The molecule has 1 aromatic heterocycles. The van der Waals surface area contributed by atoms with E-state index in [4.69, 9.17) is 30.9 Å². The van der Waals surface area contributed by atoms with Crippen LogP contribution in [0.3, 0.4) is 0 Å². The van der Waals surface area contributed by atoms with Crippen LogP contribution in [0.25, 0.3) is 0 Å². The number of aromatic carboxylic acids is 1. The van der Waals surface area contributed by atoms with Crippen LogP contribution in [-0.2, 0) is 11.3 Å². The number of hydrogen-bond donors (Lipinski definition) is 2. The van der Waals surface area contributed by atoms with E-state index in [9.17, 15) is 14.7 Å². The largest absolute Gasteiger partial charge is 0.482 e. The molecule has 0 unspecified atom stereocenters. The standard InChI is InChI=1S/C23H21ClN2O7S/c1-12(2)21-25-22(34-15-5-3-14(4-6-15)31-10-19(27)28)20(23(29)30)26(21)9-13-7-17-18(8-16(13)24)33-11-32-17/h3-8,12H,9-11H2,1-2H3,(H,27,28)(H,29,30). The smallest absolute Gasteiger partial charge is 0.355 e. The van der Waals surface area contributed by atoms with Crippen molar-refractivity contribution in [3.8, 4) is 17.2 Å². The molecule has 2 heterocycles. The molecule has 0 atom stereocenters. The van der Waals surface area contributed by atoms with Crippen molar-refractivity contribution in [3.05, 3.63) is 58.5 Å². The number of nitrogens with zero attached hydrogens (tertiary/aromatic N) is 2. The van der Waals surface area contributed by atoms with Crippen LogP contribution in [0, 0.1) is 0 Å². The van der Waals surface area contributed by atoms with Gasteiger partial charge in [-0.2, -0.15) is 0 Å². The fourth-order valence-electron chi connectivity index (χ4n) is 3.44. The second-order valence-corrected chi connectivity index (χ2v) is 9.19. The van der Waals surface area contributed by atoms with E-state index in [0.717, 1.165) is 4.90 Å². The summed E-state index contributed by atoms with van der Waals surface area (Å²) in [4.78, 5) is 28.3. The van der Waals surface area contributed by atoms with Gasteiger partial charge >= 0.3 is 11.9 Å². The molecule has 178 valence electrons. The summed E-state index contributed by atoms with van der Waals surface area (Å²) in [6.07, 6.45) is 0. The molecule has 0 bridgehead atoms. The molecule has 0 aliphatic carbocycles. The number of rotatable bonds is 9. The molecule has 4 rings (SSSR count). The topological polar surface area (TPSA) is 120 Å². The highest BCUT2D eigenvalue weighted by Crippen LogP contribution is 2.38. The fourth-order valence-corrected chi connectivity index (χ4v) is 4.58. The van der Waals surface area contributed by atoms with E-state index >= 15 is 0 Å². The first-order valence-corrected chi connectivity index (χ1v) is 11.5. The van der Waals surface area contributed by atoms with Crippen molar-refractivity contribution < 1.29 is 34.0 Å². The van der Waals surface area contributed by atoms with Crippen molar-refractivity contribution in [1.82, 2.24) is 9.55 Å². The molecule has 1 aliphatic heterocycles. The van der Waals surface area contributed by atoms with Gasteiger partial charge in [-0.15, -0.1) is 0 Å². The monoisotopic (exact) mass is 504 g/mol. The first-order chi connectivity index (χ1) is 16.2. The van der Waals surface area contributed by atoms with Crippen molar-refractivity contribution in [3.63, 3.8) is 0 Å². The molecular formula is C23H21ClN2O7S. The van der Waals surface area contributed by atoms with Crippen LogP contribution in [-0.4, -0.2) is 45.1 Å². The highest BCUT2D eigenvalue weighted by atomic mass is 35.5. The van der Waals surface area contributed by atoms with Gasteiger partial charge in [0.15, 0.2) is 23.8 Å². The number of aliphatic carboxylic acids is 1. The number of imidazole rings is 1. The summed E-state index contributed by atoms with van der Waals surface area (Å²) in [5, 5.41) is 19.6. The average Bonchev–Trinajstić information content (AvgIpc) is 3.37. The summed E-state index contributed by atoms with van der Waals surface area (Å²) in [5.74, 6) is -0.117. The van der Waals surface area contributed by atoms with E-state index in [1.54, 1.807) is 41.0 Å². The Morgan fingerprint density at radius 1 is 1.18 bits per heavy atom. The lowest BCUT2D eigenvalue weighted by Gasteiger charge is -2.14. The zero-order valence-electron chi connectivity index (χ0n) is 18.3. The molecular weight excluding hydrogens is 484 g/mol. The predicted molar refractivity (Wildman–Crippen MR) is 124 cm³/mol. The molecule has 2 aromatic carbocycles. The zero-order chi connectivity index (χ0) is 24.4. The number of benzene rings is 2. The van der Waals surface area contributed by atoms with Gasteiger partial charge in [0.25, 0.3) is 0 Å². The lowest BCUT2D eigenvalue weighted by Crippen LogP contribution is -2.14. The summed E-state index contributed by atoms with van der Waals surface area (Å²) in [6, 6.07) is 10.1. The summed E-state index contributed by atoms with van der Waals surface area (Å²) < 4.78 is 17.6. The Morgan fingerprint density at radius 2 is 1.85 bits per heavy atom. The van der Waals surface area contributed by atoms with E-state index in [-0.39, 0.29) is 24.9 Å². The van der Waals surface area contributed by atoms with Crippen LogP contribution in [0.4, 0.5) is 0 Å². The fraction of sp³-hybridized carbons (Fsp3) is 0.261. The molecule has 0 saturated carbocycles. The van der Waals surface area contributed by atoms with Crippen molar-refractivity contribution in [2.75, 3.05) is 13.4 Å². The molecule has 0 radical (unpaired) electrons. The molecule has 0 saturated heterocycles. The van der Waals surface area contributed by atoms with Crippen molar-refractivity contribution in [1.29, 1.82) is 0 Å². The molecule has 1 aliphatic rings. The van der Waals surface area contributed by atoms with Crippen molar-refractivity contribution in [2.45, 2.75) is 36.2 Å². The Kier molecular flexibility index (Phi) is 6.90. The van der Waals surface area contributed by atoms with Gasteiger partial charge in [-0.1, -0.05) is 37.2 Å². The van der Waals surface area contributed by atoms with Gasteiger partial charge in [-0.3, -0.25) is 0 Å². The van der Waals surface area contributed by atoms with Crippen molar-refractivity contribution >= 4 is 35.3 Å². The number of ether oxygens (including phenoxy) is 3. The maximum atomic E-state index is 12.3. The highest BCUT2D eigenvalue weighted by molar-refractivity contribution is 7.99. The second kappa shape index (κ2) is 9.86. The van der Waals surface area contributed by atoms with E-state index in [0.29, 0.717) is 38.7 Å². The van der Waals surface area contributed by atoms with Gasteiger partial charge in [-0.05, 0) is 35.9 Å². The van der Waals surface area contributed by atoms with Crippen LogP contribution < -0.4 is 14.2 Å². The first kappa shape index (κ1) is 23.8. The zero-order valence-corrected chi connectivity index (χ0v) is 19.9. The maximum Gasteiger partial charge on any atom is 0.355 e. The maximum absolute atomic E-state index is 12.3. The van der Waals surface area contributed by atoms with Crippen molar-refractivity contribution in [2.24, 2.45) is 0 Å². The number of hydrogen-bond acceptors (Lipinski definition) is 7. The van der Waals surface area contributed by atoms with Gasteiger partial charge in [0.05, 0.1) is 6.54 Å². The van der Waals surface area contributed by atoms with Gasteiger partial charge in [0.2, 0.25) is 6.79 Å². The summed E-state index contributed by atoms with van der Waals surface area (Å²) >= 11 is 7.65. The van der Waals surface area contributed by atoms with Gasteiger partial charge in [0.1, 0.15) is 16.6 Å². The minimum Gasteiger partial charge on any atom is -0.482 e. The summed E-state index contributed by atoms with van der Waals surface area (Å²) in [5.41, 5.74) is 0.734. The molecule has 3 aromatic rings. The summed E-state index contributed by atoms with van der Waals surface area (Å²) in [6.45, 7) is 3.74. The molecule has 0 amide bonds. The number of aromatic nitrogens is 2. The lowest BCUT2D eigenvalue weighted by atomic mass is 10.1. The molecule has 0 fully saturated rings. The summed E-state index contributed by atoms with van der Waals surface area (Å²) in [7, 11) is 0. The number of fused-ring (bicyclic) bond motifs is 1. The Morgan fingerprint density at radius 3 is 2.47 bits per heavy atom. The predicted octanol–water partition coefficient (Wildman–Crippen LogP) is 4.75. The first-order valence-electron chi connectivity index (χ1n) is 10.3. The molecule has 2 N–H and O–H groups in total. The Hall–Kier alpha value is -3.37. The van der Waals surface area contributed by atoms with Gasteiger partial charge in [0, 0.05) is 21.9 Å². The molecule has 34 heavy (non-hydrogen) atoms. The minimum absolute atomic E-state index is 0.0490. The highest BCUT2D eigenvalue weighted by Gasteiger charge is 2.26. The SMILES string of the molecule is CC(C)c1nc(Sc2ccc(OCC(=O)O)cc2)c(C(=O)O)n1Cc1cc2c(cc1Cl)OCO2. The Bertz CT molecular complexity index is 1240. The van der Waals surface area contributed by atoms with Gasteiger partial charge in [-0.25, -0.2) is 14.6 Å². The normalized spacial score (nSPS) is 12.2. The Labute approximate surface area is 204 Å². The Balaban J connectivity index is 1.66. The number of carboxylic acid groups (broad SMARTS) is 2. The lowest BCUT2D eigenvalue weighted by molar-refractivity contribution is -0.139. The molecule has 11 heteroatoms. The number of halogens is 1. The number of carbonyl (C=O) groups is 2. The molecule has 0 spiro atoms. The third kappa shape index (κ3) is 5.07. The van der Waals surface area contributed by atoms with Gasteiger partial charge < -0.3 is 29.0 Å². The third-order valence-electron chi connectivity index (χ3n) is 4.95. The van der Waals surface area contributed by atoms with Crippen LogP contribution in [0.2, 0.25) is 5.02 Å². The van der Waals surface area contributed by atoms with E-state index in [1.807, 2.05) is 13.8 Å². The molecule has 9 nitrogen and oxygen atoms in total. The van der Waals surface area contributed by atoms with Crippen LogP contribution in [0.5, 0.6) is 17.2 Å². The third-order valence-corrected chi connectivity index (χ3v) is 6.29. The van der Waals surface area contributed by atoms with Crippen LogP contribution >= 0.6 is 23.4 Å². The average molecular weight is 505 g/mol. The van der Waals surface area contributed by atoms with E-state index < -0.39 is 18.5 Å².